The molecule has 0 aromatic heterocycles. The van der Waals surface area contributed by atoms with Crippen LogP contribution in [0.4, 0.5) is 0 Å². The zero-order chi connectivity index (χ0) is 22.8. The van der Waals surface area contributed by atoms with Gasteiger partial charge in [-0.1, -0.05) is 24.3 Å². The van der Waals surface area contributed by atoms with Crippen LogP contribution in [0.15, 0.2) is 53.5 Å². The molecule has 0 aliphatic heterocycles. The number of ether oxygens (including phenoxy) is 1. The van der Waals surface area contributed by atoms with E-state index < -0.39 is 6.10 Å². The van der Waals surface area contributed by atoms with Gasteiger partial charge in [0.15, 0.2) is 5.96 Å². The third-order valence-electron chi connectivity index (χ3n) is 4.45. The topological polar surface area (TPSA) is 86.2 Å². The molecule has 0 heterocycles. The number of carbonyl (C=O) groups is 1. The molecular formula is C24H34N4O3. The fourth-order valence-corrected chi connectivity index (χ4v) is 2.90. The number of guanidine groups is 1. The zero-order valence-corrected chi connectivity index (χ0v) is 19.1. The van der Waals surface area contributed by atoms with E-state index in [1.54, 1.807) is 19.0 Å². The molecule has 31 heavy (non-hydrogen) atoms. The van der Waals surface area contributed by atoms with Gasteiger partial charge in [-0.2, -0.15) is 0 Å². The lowest BCUT2D eigenvalue weighted by Crippen LogP contribution is -2.39. The second-order valence-electron chi connectivity index (χ2n) is 7.73. The van der Waals surface area contributed by atoms with Gasteiger partial charge in [-0.25, -0.2) is 4.99 Å². The summed E-state index contributed by atoms with van der Waals surface area (Å²) in [6, 6.07) is 14.9. The Balaban J connectivity index is 1.97. The molecule has 2 rings (SSSR count). The van der Waals surface area contributed by atoms with Crippen LogP contribution in [0.2, 0.25) is 0 Å². The summed E-state index contributed by atoms with van der Waals surface area (Å²) in [6.45, 7) is 7.40. The van der Waals surface area contributed by atoms with Gasteiger partial charge in [0.25, 0.3) is 5.91 Å². The maximum absolute atomic E-state index is 12.0. The van der Waals surface area contributed by atoms with Crippen LogP contribution in [0.3, 0.4) is 0 Å². The molecule has 7 nitrogen and oxygen atoms in total. The molecular weight excluding hydrogens is 392 g/mol. The predicted molar refractivity (Wildman–Crippen MR) is 124 cm³/mol. The van der Waals surface area contributed by atoms with Crippen LogP contribution in [-0.2, 0) is 6.54 Å². The molecule has 1 atom stereocenters. The van der Waals surface area contributed by atoms with Gasteiger partial charge in [-0.05, 0) is 56.2 Å². The Bertz CT molecular complexity index is 863. The van der Waals surface area contributed by atoms with Gasteiger partial charge in [-0.3, -0.25) is 4.79 Å². The third-order valence-corrected chi connectivity index (χ3v) is 4.45. The number of carbonyl (C=O) groups excluding carboxylic acids is 1. The molecule has 0 bridgehead atoms. The Labute approximate surface area is 185 Å². The van der Waals surface area contributed by atoms with E-state index in [2.05, 4.69) is 15.6 Å². The van der Waals surface area contributed by atoms with E-state index >= 15 is 0 Å². The van der Waals surface area contributed by atoms with Gasteiger partial charge in [-0.15, -0.1) is 0 Å². The summed E-state index contributed by atoms with van der Waals surface area (Å²) in [4.78, 5) is 18.1. The van der Waals surface area contributed by atoms with Crippen molar-refractivity contribution in [3.05, 3.63) is 65.2 Å². The predicted octanol–water partition coefficient (Wildman–Crippen LogP) is 2.96. The van der Waals surface area contributed by atoms with Crippen molar-refractivity contribution in [1.29, 1.82) is 0 Å². The highest BCUT2D eigenvalue weighted by Crippen LogP contribution is 2.20. The largest absolute Gasteiger partial charge is 0.491 e. The summed E-state index contributed by atoms with van der Waals surface area (Å²) in [5.41, 5.74) is 2.42. The molecule has 2 aromatic carbocycles. The number of nitrogens with zero attached hydrogens (tertiary/aromatic N) is 2. The highest BCUT2D eigenvalue weighted by atomic mass is 16.5. The Morgan fingerprint density at radius 3 is 2.45 bits per heavy atom. The summed E-state index contributed by atoms with van der Waals surface area (Å²) in [6.07, 6.45) is -0.621. The van der Waals surface area contributed by atoms with Crippen LogP contribution in [0.25, 0.3) is 0 Å². The molecule has 7 heteroatoms. The number of hydrogen-bond donors (Lipinski definition) is 3. The minimum absolute atomic E-state index is 0.0260. The van der Waals surface area contributed by atoms with Crippen molar-refractivity contribution in [2.24, 2.45) is 4.99 Å². The van der Waals surface area contributed by atoms with Crippen molar-refractivity contribution in [2.75, 3.05) is 27.2 Å². The van der Waals surface area contributed by atoms with Crippen LogP contribution in [0, 0.1) is 0 Å². The van der Waals surface area contributed by atoms with E-state index in [0.29, 0.717) is 31.2 Å². The van der Waals surface area contributed by atoms with Gasteiger partial charge in [0.2, 0.25) is 0 Å². The Morgan fingerprint density at radius 2 is 1.84 bits per heavy atom. The average Bonchev–Trinajstić information content (AvgIpc) is 2.75. The first kappa shape index (κ1) is 24.2. The monoisotopic (exact) mass is 426 g/mol. The lowest BCUT2D eigenvalue weighted by molar-refractivity contribution is 0.0827. The number of aliphatic hydroxyl groups is 1. The van der Waals surface area contributed by atoms with Crippen LogP contribution in [-0.4, -0.2) is 55.2 Å². The van der Waals surface area contributed by atoms with E-state index in [0.717, 1.165) is 16.9 Å². The first-order valence-electron chi connectivity index (χ1n) is 10.6. The van der Waals surface area contributed by atoms with Crippen molar-refractivity contribution in [3.63, 3.8) is 0 Å². The van der Waals surface area contributed by atoms with Crippen molar-refractivity contribution in [3.8, 4) is 5.75 Å². The van der Waals surface area contributed by atoms with Gasteiger partial charge in [0.1, 0.15) is 5.75 Å². The maximum Gasteiger partial charge on any atom is 0.253 e. The Kier molecular flexibility index (Phi) is 9.34. The molecule has 1 unspecified atom stereocenters. The summed E-state index contributed by atoms with van der Waals surface area (Å²) < 4.78 is 5.70. The molecule has 0 saturated carbocycles. The quantitative estimate of drug-likeness (QED) is 0.424. The zero-order valence-electron chi connectivity index (χ0n) is 19.1. The van der Waals surface area contributed by atoms with Gasteiger partial charge >= 0.3 is 0 Å². The second kappa shape index (κ2) is 12.0. The van der Waals surface area contributed by atoms with Crippen LogP contribution in [0.1, 0.15) is 48.4 Å². The molecule has 168 valence electrons. The van der Waals surface area contributed by atoms with Crippen LogP contribution < -0.4 is 15.4 Å². The SMILES string of the molecule is CCNC(=NCc1ccc(C(=O)N(C)C)cc1)NCC(O)c1cccc(OC(C)C)c1. The van der Waals surface area contributed by atoms with Gasteiger partial charge < -0.3 is 25.4 Å². The Hall–Kier alpha value is -3.06. The summed E-state index contributed by atoms with van der Waals surface area (Å²) in [7, 11) is 3.47. The normalized spacial score (nSPS) is 12.4. The lowest BCUT2D eigenvalue weighted by Gasteiger charge is -2.17. The first-order valence-corrected chi connectivity index (χ1v) is 10.6. The smallest absolute Gasteiger partial charge is 0.253 e. The van der Waals surface area contributed by atoms with E-state index in [-0.39, 0.29) is 12.0 Å². The number of benzene rings is 2. The van der Waals surface area contributed by atoms with E-state index in [1.165, 1.54) is 0 Å². The number of hydrogen-bond acceptors (Lipinski definition) is 4. The molecule has 0 saturated heterocycles. The van der Waals surface area contributed by atoms with Crippen molar-refractivity contribution < 1.29 is 14.6 Å². The van der Waals surface area contributed by atoms with Crippen molar-refractivity contribution in [2.45, 2.75) is 39.5 Å². The molecule has 2 aromatic rings. The number of amides is 1. The molecule has 0 spiro atoms. The van der Waals surface area contributed by atoms with E-state index in [9.17, 15) is 9.90 Å². The molecule has 0 fully saturated rings. The molecule has 0 aliphatic carbocycles. The van der Waals surface area contributed by atoms with Crippen LogP contribution in [0.5, 0.6) is 5.75 Å². The highest BCUT2D eigenvalue weighted by molar-refractivity contribution is 5.93. The molecule has 3 N–H and O–H groups in total. The van der Waals surface area contributed by atoms with Gasteiger partial charge in [0.05, 0.1) is 18.8 Å². The molecule has 0 aliphatic rings. The van der Waals surface area contributed by atoms with Crippen molar-refractivity contribution in [1.82, 2.24) is 15.5 Å². The van der Waals surface area contributed by atoms with Crippen molar-refractivity contribution >= 4 is 11.9 Å². The lowest BCUT2D eigenvalue weighted by atomic mass is 10.1. The average molecular weight is 427 g/mol. The third kappa shape index (κ3) is 7.94. The first-order chi connectivity index (χ1) is 14.8. The fraction of sp³-hybridized carbons (Fsp3) is 0.417. The minimum Gasteiger partial charge on any atom is -0.491 e. The summed E-state index contributed by atoms with van der Waals surface area (Å²) >= 11 is 0. The van der Waals surface area contributed by atoms with Crippen LogP contribution >= 0.6 is 0 Å². The number of rotatable bonds is 9. The van der Waals surface area contributed by atoms with E-state index in [4.69, 9.17) is 4.74 Å². The molecule has 1 amide bonds. The summed E-state index contributed by atoms with van der Waals surface area (Å²) in [5, 5.41) is 16.9. The van der Waals surface area contributed by atoms with Gasteiger partial charge in [0, 0.05) is 32.7 Å². The fourth-order valence-electron chi connectivity index (χ4n) is 2.90. The standard InChI is InChI=1S/C24H34N4O3/c1-6-25-24(26-15-18-10-12-19(13-11-18)23(30)28(4)5)27-16-22(29)20-8-7-9-21(14-20)31-17(2)3/h7-14,17,22,29H,6,15-16H2,1-5H3,(H2,25,26,27). The number of aliphatic hydroxyl groups excluding tert-OH is 1. The summed E-state index contributed by atoms with van der Waals surface area (Å²) in [5.74, 6) is 1.33. The second-order valence-corrected chi connectivity index (χ2v) is 7.73. The minimum atomic E-state index is -0.698. The highest BCUT2D eigenvalue weighted by Gasteiger charge is 2.11. The maximum atomic E-state index is 12.0. The number of nitrogens with one attached hydrogen (secondary N) is 2. The number of aliphatic imine (C=N–C) groups is 1. The van der Waals surface area contributed by atoms with E-state index in [1.807, 2.05) is 69.3 Å². The molecule has 0 radical (unpaired) electrons. The Morgan fingerprint density at radius 1 is 1.13 bits per heavy atom.